The van der Waals surface area contributed by atoms with Crippen molar-refractivity contribution in [3.05, 3.63) is 0 Å². The minimum Gasteiger partial charge on any atom is -0.409 e. The van der Waals surface area contributed by atoms with Crippen LogP contribution >= 0.6 is 0 Å². The van der Waals surface area contributed by atoms with Crippen molar-refractivity contribution in [3.8, 4) is 0 Å². The summed E-state index contributed by atoms with van der Waals surface area (Å²) in [5, 5.41) is 13.7. The number of nitrogens with two attached hydrogens (primary N) is 1. The molecule has 0 aliphatic rings. The predicted octanol–water partition coefficient (Wildman–Crippen LogP) is -1.58. The Hall–Kier alpha value is -1.35. The second kappa shape index (κ2) is 7.07. The summed E-state index contributed by atoms with van der Waals surface area (Å²) in [6.07, 6.45) is 1.42. The molecule has 0 rings (SSSR count). The monoisotopic (exact) mass is 266 g/mol. The molecule has 1 amide bonds. The van der Waals surface area contributed by atoms with Gasteiger partial charge in [0.05, 0.1) is 12.2 Å². The van der Waals surface area contributed by atoms with Crippen LogP contribution < -0.4 is 15.8 Å². The van der Waals surface area contributed by atoms with Crippen LogP contribution in [0.15, 0.2) is 5.16 Å². The van der Waals surface area contributed by atoms with Gasteiger partial charge in [-0.3, -0.25) is 4.79 Å². The number of amides is 1. The zero-order chi connectivity index (χ0) is 13.5. The van der Waals surface area contributed by atoms with Crippen LogP contribution in [0.3, 0.4) is 0 Å². The molecule has 8 nitrogen and oxygen atoms in total. The average Bonchev–Trinajstić information content (AvgIpc) is 2.23. The van der Waals surface area contributed by atoms with Crippen LogP contribution in [0.1, 0.15) is 13.3 Å². The van der Waals surface area contributed by atoms with E-state index in [-0.39, 0.29) is 18.9 Å². The van der Waals surface area contributed by atoms with Gasteiger partial charge in [0.1, 0.15) is 0 Å². The smallest absolute Gasteiger partial charge is 0.230 e. The Morgan fingerprint density at radius 3 is 2.47 bits per heavy atom. The summed E-state index contributed by atoms with van der Waals surface area (Å²) in [7, 11) is -3.26. The highest BCUT2D eigenvalue weighted by Gasteiger charge is 2.20. The maximum Gasteiger partial charge on any atom is 0.230 e. The lowest BCUT2D eigenvalue weighted by atomic mass is 10.1. The summed E-state index contributed by atoms with van der Waals surface area (Å²) in [5.41, 5.74) is 5.33. The van der Waals surface area contributed by atoms with Crippen molar-refractivity contribution in [3.63, 3.8) is 0 Å². The standard InChI is InChI=1S/C8H18N4O4S/c1-3-6(7(9)12-14)8(13)10-4-5-11-17(2,15)16/h6,11,14H,3-5H2,1-2H3,(H2,9,12)(H,10,13). The number of sulfonamides is 1. The van der Waals surface area contributed by atoms with E-state index in [0.717, 1.165) is 6.26 Å². The van der Waals surface area contributed by atoms with Crippen LogP contribution in [0.4, 0.5) is 0 Å². The van der Waals surface area contributed by atoms with Gasteiger partial charge in [0.2, 0.25) is 15.9 Å². The van der Waals surface area contributed by atoms with Gasteiger partial charge in [-0.05, 0) is 6.42 Å². The third-order valence-electron chi connectivity index (χ3n) is 1.99. The third kappa shape index (κ3) is 6.74. The van der Waals surface area contributed by atoms with Crippen molar-refractivity contribution in [1.29, 1.82) is 0 Å². The lowest BCUT2D eigenvalue weighted by Crippen LogP contribution is -2.41. The Bertz CT molecular complexity index is 379. The summed E-state index contributed by atoms with van der Waals surface area (Å²) < 4.78 is 23.7. The van der Waals surface area contributed by atoms with Gasteiger partial charge in [-0.25, -0.2) is 13.1 Å². The Kier molecular flexibility index (Phi) is 6.51. The zero-order valence-corrected chi connectivity index (χ0v) is 10.6. The van der Waals surface area contributed by atoms with Crippen molar-refractivity contribution in [2.75, 3.05) is 19.3 Å². The second-order valence-corrected chi connectivity index (χ2v) is 5.28. The summed E-state index contributed by atoms with van der Waals surface area (Å²) in [6, 6.07) is 0. The van der Waals surface area contributed by atoms with Gasteiger partial charge < -0.3 is 16.3 Å². The fraction of sp³-hybridized carbons (Fsp3) is 0.750. The summed E-state index contributed by atoms with van der Waals surface area (Å²) in [4.78, 5) is 11.5. The lowest BCUT2D eigenvalue weighted by Gasteiger charge is -2.13. The van der Waals surface area contributed by atoms with Crippen LogP contribution in [-0.2, 0) is 14.8 Å². The topological polar surface area (TPSA) is 134 Å². The first kappa shape index (κ1) is 15.7. The fourth-order valence-electron chi connectivity index (χ4n) is 1.14. The molecule has 1 atom stereocenters. The molecule has 1 unspecified atom stereocenters. The number of oxime groups is 1. The van der Waals surface area contributed by atoms with E-state index in [9.17, 15) is 13.2 Å². The largest absolute Gasteiger partial charge is 0.409 e. The SMILES string of the molecule is CCC(C(=O)NCCNS(C)(=O)=O)C(N)=NO. The quantitative estimate of drug-likeness (QED) is 0.145. The van der Waals surface area contributed by atoms with Crippen LogP contribution in [0, 0.1) is 5.92 Å². The molecule has 0 saturated carbocycles. The maximum atomic E-state index is 11.5. The Morgan fingerprint density at radius 2 is 2.06 bits per heavy atom. The van der Waals surface area contributed by atoms with Crippen molar-refractivity contribution >= 4 is 21.8 Å². The molecule has 0 aromatic heterocycles. The number of amidine groups is 1. The highest BCUT2D eigenvalue weighted by molar-refractivity contribution is 7.88. The van der Waals surface area contributed by atoms with Crippen LogP contribution in [0.25, 0.3) is 0 Å². The summed E-state index contributed by atoms with van der Waals surface area (Å²) >= 11 is 0. The van der Waals surface area contributed by atoms with E-state index < -0.39 is 21.8 Å². The van der Waals surface area contributed by atoms with Gasteiger partial charge >= 0.3 is 0 Å². The fourth-order valence-corrected chi connectivity index (χ4v) is 1.62. The first-order valence-corrected chi connectivity index (χ1v) is 6.90. The molecule has 0 aliphatic heterocycles. The van der Waals surface area contributed by atoms with Gasteiger partial charge in [-0.2, -0.15) is 0 Å². The van der Waals surface area contributed by atoms with Crippen molar-refractivity contribution in [2.24, 2.45) is 16.8 Å². The van der Waals surface area contributed by atoms with E-state index in [2.05, 4.69) is 15.2 Å². The van der Waals surface area contributed by atoms with E-state index in [1.807, 2.05) is 0 Å². The zero-order valence-electron chi connectivity index (χ0n) is 9.80. The molecule has 0 aromatic rings. The molecule has 0 fully saturated rings. The van der Waals surface area contributed by atoms with E-state index in [0.29, 0.717) is 6.42 Å². The normalized spacial score (nSPS) is 14.4. The van der Waals surface area contributed by atoms with E-state index >= 15 is 0 Å². The molecule has 0 aromatic carbocycles. The molecular weight excluding hydrogens is 248 g/mol. The molecule has 0 spiro atoms. The highest BCUT2D eigenvalue weighted by atomic mass is 32.2. The van der Waals surface area contributed by atoms with Gasteiger partial charge in [0, 0.05) is 13.1 Å². The van der Waals surface area contributed by atoms with Crippen LogP contribution in [-0.4, -0.2) is 44.7 Å². The minimum atomic E-state index is -3.26. The molecule has 9 heteroatoms. The number of carbonyl (C=O) groups is 1. The highest BCUT2D eigenvalue weighted by Crippen LogP contribution is 2.02. The van der Waals surface area contributed by atoms with Gasteiger partial charge in [0.15, 0.2) is 5.84 Å². The van der Waals surface area contributed by atoms with E-state index in [1.165, 1.54) is 0 Å². The van der Waals surface area contributed by atoms with Crippen molar-refractivity contribution in [1.82, 2.24) is 10.0 Å². The van der Waals surface area contributed by atoms with E-state index in [1.54, 1.807) is 6.92 Å². The van der Waals surface area contributed by atoms with Gasteiger partial charge in [0.25, 0.3) is 0 Å². The summed E-state index contributed by atoms with van der Waals surface area (Å²) in [5.74, 6) is -1.28. The summed E-state index contributed by atoms with van der Waals surface area (Å²) in [6.45, 7) is 1.95. The first-order valence-electron chi connectivity index (χ1n) is 5.01. The molecule has 17 heavy (non-hydrogen) atoms. The molecule has 0 heterocycles. The van der Waals surface area contributed by atoms with Crippen molar-refractivity contribution < 1.29 is 18.4 Å². The second-order valence-electron chi connectivity index (χ2n) is 3.44. The first-order chi connectivity index (χ1) is 7.81. The van der Waals surface area contributed by atoms with Gasteiger partial charge in [-0.1, -0.05) is 12.1 Å². The Labute approximate surface area is 100 Å². The number of nitrogens with zero attached hydrogens (tertiary/aromatic N) is 1. The lowest BCUT2D eigenvalue weighted by molar-refractivity contribution is -0.123. The molecule has 0 aliphatic carbocycles. The van der Waals surface area contributed by atoms with Gasteiger partial charge in [-0.15, -0.1) is 0 Å². The average molecular weight is 266 g/mol. The maximum absolute atomic E-state index is 11.5. The van der Waals surface area contributed by atoms with Crippen molar-refractivity contribution in [2.45, 2.75) is 13.3 Å². The molecule has 0 saturated heterocycles. The molecule has 100 valence electrons. The number of rotatable bonds is 7. The Balaban J connectivity index is 4.09. The number of hydrogen-bond donors (Lipinski definition) is 4. The molecule has 5 N–H and O–H groups in total. The molecule has 0 bridgehead atoms. The molecule has 0 radical (unpaired) electrons. The predicted molar refractivity (Wildman–Crippen MR) is 63.0 cm³/mol. The Morgan fingerprint density at radius 1 is 1.47 bits per heavy atom. The van der Waals surface area contributed by atoms with E-state index in [4.69, 9.17) is 10.9 Å². The number of nitrogens with one attached hydrogen (secondary N) is 2. The minimum absolute atomic E-state index is 0.0944. The number of hydrogen-bond acceptors (Lipinski definition) is 5. The third-order valence-corrected chi connectivity index (χ3v) is 2.71. The number of carbonyl (C=O) groups excluding carboxylic acids is 1. The molecular formula is C8H18N4O4S. The van der Waals surface area contributed by atoms with Crippen LogP contribution in [0.5, 0.6) is 0 Å². The van der Waals surface area contributed by atoms with Crippen LogP contribution in [0.2, 0.25) is 0 Å².